The van der Waals surface area contributed by atoms with Gasteiger partial charge in [-0.2, -0.15) is 5.10 Å². The number of aromatic hydroxyl groups is 1. The lowest BCUT2D eigenvalue weighted by Gasteiger charge is -2.38. The molecule has 2 unspecified atom stereocenters. The number of nitrogens with one attached hydrogen (secondary N) is 1. The predicted molar refractivity (Wildman–Crippen MR) is 113 cm³/mol. The van der Waals surface area contributed by atoms with Crippen molar-refractivity contribution in [2.45, 2.75) is 50.4 Å². The quantitative estimate of drug-likeness (QED) is 0.628. The second kappa shape index (κ2) is 8.09. The van der Waals surface area contributed by atoms with E-state index in [1.54, 1.807) is 11.9 Å². The first-order valence-electron chi connectivity index (χ1n) is 10.5. The summed E-state index contributed by atoms with van der Waals surface area (Å²) in [7, 11) is 1.80. The number of phenols is 1. The maximum absolute atomic E-state index is 14.9. The van der Waals surface area contributed by atoms with Gasteiger partial charge >= 0.3 is 0 Å². The summed E-state index contributed by atoms with van der Waals surface area (Å²) < 4.78 is 43.3. The van der Waals surface area contributed by atoms with Crippen molar-refractivity contribution in [2.24, 2.45) is 0 Å². The van der Waals surface area contributed by atoms with Crippen LogP contribution in [0.1, 0.15) is 19.3 Å². The van der Waals surface area contributed by atoms with Gasteiger partial charge in [0.15, 0.2) is 6.80 Å². The summed E-state index contributed by atoms with van der Waals surface area (Å²) in [6, 6.07) is 2.33. The van der Waals surface area contributed by atoms with Crippen LogP contribution >= 0.6 is 0 Å². The summed E-state index contributed by atoms with van der Waals surface area (Å²) in [4.78, 5) is 10.5. The highest BCUT2D eigenvalue weighted by molar-refractivity contribution is 5.74. The zero-order chi connectivity index (χ0) is 22.4. The maximum atomic E-state index is 14.9. The van der Waals surface area contributed by atoms with Crippen LogP contribution in [0.5, 0.6) is 5.75 Å². The Morgan fingerprint density at radius 2 is 2.03 bits per heavy atom. The van der Waals surface area contributed by atoms with Crippen LogP contribution in [0.4, 0.5) is 19.0 Å². The molecular weight excluding hydrogens is 421 g/mol. The van der Waals surface area contributed by atoms with E-state index in [4.69, 9.17) is 0 Å². The summed E-state index contributed by atoms with van der Waals surface area (Å²) >= 11 is 0. The third-order valence-corrected chi connectivity index (χ3v) is 6.48. The molecule has 168 valence electrons. The Hall–Kier alpha value is -3.14. The zero-order valence-electron chi connectivity index (χ0n) is 17.4. The molecule has 0 amide bonds. The van der Waals surface area contributed by atoms with Crippen LogP contribution in [-0.2, 0) is 6.80 Å². The van der Waals surface area contributed by atoms with Crippen molar-refractivity contribution < 1.29 is 18.3 Å². The molecule has 2 fully saturated rings. The molecule has 2 aromatic heterocycles. The number of rotatable bonds is 5. The van der Waals surface area contributed by atoms with Gasteiger partial charge in [-0.25, -0.2) is 22.8 Å². The molecule has 2 aliphatic rings. The van der Waals surface area contributed by atoms with Crippen LogP contribution in [0.15, 0.2) is 36.9 Å². The van der Waals surface area contributed by atoms with E-state index in [1.807, 2.05) is 0 Å². The van der Waals surface area contributed by atoms with E-state index in [2.05, 4.69) is 20.4 Å². The number of aromatic nitrogens is 4. The third-order valence-electron chi connectivity index (χ3n) is 6.48. The first-order valence-corrected chi connectivity index (χ1v) is 10.5. The van der Waals surface area contributed by atoms with Crippen molar-refractivity contribution in [2.75, 3.05) is 11.9 Å². The molecule has 2 aliphatic heterocycles. The van der Waals surface area contributed by atoms with Gasteiger partial charge in [-0.1, -0.05) is 0 Å². The fourth-order valence-electron chi connectivity index (χ4n) is 4.72. The summed E-state index contributed by atoms with van der Waals surface area (Å²) in [5.41, 5.74) is 0.910. The van der Waals surface area contributed by atoms with Crippen molar-refractivity contribution >= 4 is 5.82 Å². The summed E-state index contributed by atoms with van der Waals surface area (Å²) in [6.07, 6.45) is 7.15. The molecular formula is C22H23F3N6O. The van der Waals surface area contributed by atoms with E-state index >= 15 is 0 Å². The molecule has 2 N–H and O–H groups in total. The molecule has 0 saturated carbocycles. The molecule has 0 radical (unpaired) electrons. The normalized spacial score (nSPS) is 24.6. The Morgan fingerprint density at radius 3 is 2.75 bits per heavy atom. The average molecular weight is 444 g/mol. The molecule has 4 heterocycles. The molecule has 2 bridgehead atoms. The number of benzene rings is 1. The van der Waals surface area contributed by atoms with Crippen molar-refractivity contribution in [3.63, 3.8) is 0 Å². The van der Waals surface area contributed by atoms with Gasteiger partial charge < -0.3 is 15.3 Å². The molecule has 4 atom stereocenters. The number of nitrogens with zero attached hydrogens (tertiary/aromatic N) is 5. The van der Waals surface area contributed by atoms with Gasteiger partial charge in [0, 0.05) is 42.0 Å². The molecule has 0 spiro atoms. The Kier molecular flexibility index (Phi) is 5.24. The van der Waals surface area contributed by atoms with Gasteiger partial charge in [0.25, 0.3) is 0 Å². The number of phenolic OH excluding ortho intramolecular Hbond substituents is 1. The minimum atomic E-state index is -0.993. The van der Waals surface area contributed by atoms with Crippen LogP contribution in [0.3, 0.4) is 0 Å². The second-order valence-corrected chi connectivity index (χ2v) is 8.40. The number of alkyl halides is 2. The monoisotopic (exact) mass is 444 g/mol. The molecule has 2 saturated heterocycles. The molecule has 1 aromatic carbocycles. The Balaban J connectivity index is 1.38. The van der Waals surface area contributed by atoms with Gasteiger partial charge in [0.05, 0.1) is 30.3 Å². The number of piperidine rings is 1. The maximum Gasteiger partial charge on any atom is 0.181 e. The number of fused-ring (bicyclic) bond motifs is 2. The first-order chi connectivity index (χ1) is 15.4. The lowest BCUT2D eigenvalue weighted by atomic mass is 9.96. The fraction of sp³-hybridized carbons (Fsp3) is 0.409. The standard InChI is InChI=1S/C22H23F3N6O/c1-30(19-4-13-2-3-17(29-13)22(19)25)21-9-26-18(8-27-21)15-5-16(24)14(6-20(15)32)12-7-28-31(10-12)11-23/h5-10,13,17,19,22,29,32H,2-4,11H2,1H3/t13?,17?,19-,22+/m0/s1. The highest BCUT2D eigenvalue weighted by atomic mass is 19.1. The Labute approximate surface area is 182 Å². The lowest BCUT2D eigenvalue weighted by molar-refractivity contribution is 0.176. The minimum Gasteiger partial charge on any atom is -0.507 e. The third kappa shape index (κ3) is 3.58. The topological polar surface area (TPSA) is 79.1 Å². The van der Waals surface area contributed by atoms with Gasteiger partial charge in [-0.15, -0.1) is 0 Å². The summed E-state index contributed by atoms with van der Waals surface area (Å²) in [5, 5.41) is 17.6. The van der Waals surface area contributed by atoms with Crippen LogP contribution in [0.25, 0.3) is 22.4 Å². The fourth-order valence-corrected chi connectivity index (χ4v) is 4.72. The largest absolute Gasteiger partial charge is 0.507 e. The highest BCUT2D eigenvalue weighted by Crippen LogP contribution is 2.36. The van der Waals surface area contributed by atoms with Crippen molar-refractivity contribution in [3.8, 4) is 28.1 Å². The molecule has 7 nitrogen and oxygen atoms in total. The SMILES string of the molecule is CN(c1cnc(-c2cc(F)c(-c3cnn(CF)c3)cc2O)cn1)[C@H]1CC2CCC(N2)[C@H]1F. The van der Waals surface area contributed by atoms with Crippen molar-refractivity contribution in [1.29, 1.82) is 0 Å². The highest BCUT2D eigenvalue weighted by Gasteiger charge is 2.43. The Bertz CT molecular complexity index is 1120. The van der Waals surface area contributed by atoms with E-state index in [0.29, 0.717) is 23.8 Å². The first kappa shape index (κ1) is 20.7. The van der Waals surface area contributed by atoms with Crippen molar-refractivity contribution in [3.05, 3.63) is 42.7 Å². The average Bonchev–Trinajstić information content (AvgIpc) is 3.45. The molecule has 10 heteroatoms. The van der Waals surface area contributed by atoms with Gasteiger partial charge in [-0.05, 0) is 31.4 Å². The Morgan fingerprint density at radius 1 is 1.19 bits per heavy atom. The van der Waals surface area contributed by atoms with Crippen LogP contribution in [-0.4, -0.2) is 56.2 Å². The summed E-state index contributed by atoms with van der Waals surface area (Å²) in [5.74, 6) is -0.286. The zero-order valence-corrected chi connectivity index (χ0v) is 17.4. The predicted octanol–water partition coefficient (Wildman–Crippen LogP) is 3.45. The second-order valence-electron chi connectivity index (χ2n) is 8.40. The van der Waals surface area contributed by atoms with Gasteiger partial charge in [0.1, 0.15) is 23.6 Å². The number of hydrogen-bond donors (Lipinski definition) is 2. The summed E-state index contributed by atoms with van der Waals surface area (Å²) in [6.45, 7) is -0.829. The minimum absolute atomic E-state index is 0.102. The number of anilines is 1. The van der Waals surface area contributed by atoms with Crippen molar-refractivity contribution in [1.82, 2.24) is 25.1 Å². The van der Waals surface area contributed by atoms with Gasteiger partial charge in [0.2, 0.25) is 0 Å². The van der Waals surface area contributed by atoms with Crippen LogP contribution < -0.4 is 10.2 Å². The van der Waals surface area contributed by atoms with Crippen LogP contribution in [0, 0.1) is 5.82 Å². The van der Waals surface area contributed by atoms with Crippen LogP contribution in [0.2, 0.25) is 0 Å². The molecule has 0 aliphatic carbocycles. The number of halogens is 3. The van der Waals surface area contributed by atoms with E-state index in [1.165, 1.54) is 30.9 Å². The van der Waals surface area contributed by atoms with E-state index in [-0.39, 0.29) is 34.7 Å². The van der Waals surface area contributed by atoms with E-state index in [9.17, 15) is 18.3 Å². The lowest BCUT2D eigenvalue weighted by Crippen LogP contribution is -2.55. The smallest absolute Gasteiger partial charge is 0.181 e. The van der Waals surface area contributed by atoms with Gasteiger partial charge in [-0.3, -0.25) is 4.98 Å². The molecule has 3 aromatic rings. The molecule has 32 heavy (non-hydrogen) atoms. The van der Waals surface area contributed by atoms with E-state index < -0.39 is 18.8 Å². The number of hydrogen-bond acceptors (Lipinski definition) is 6. The van der Waals surface area contributed by atoms with E-state index in [0.717, 1.165) is 23.6 Å². The molecule has 5 rings (SSSR count).